The molecule has 0 aromatic rings. The summed E-state index contributed by atoms with van der Waals surface area (Å²) in [6.45, 7) is -0.748. The van der Waals surface area contributed by atoms with Crippen molar-refractivity contribution >= 4 is 5.97 Å². The molecule has 3 aliphatic rings. The van der Waals surface area contributed by atoms with Crippen LogP contribution in [0.5, 0.6) is 0 Å². The predicted octanol–water partition coefficient (Wildman–Crippen LogP) is -9.38. The normalized spacial score (nSPS) is 45.8. The van der Waals surface area contributed by atoms with Gasteiger partial charge in [-0.25, -0.2) is 0 Å². The Morgan fingerprint density at radius 2 is 1.58 bits per heavy atom. The number of rotatable bonds is 5. The molecule has 11 atom stereocenters. The summed E-state index contributed by atoms with van der Waals surface area (Å²) in [6.07, 6.45) is -16.9. The Hall–Kier alpha value is -0.430. The number of aliphatic carboxylic acids is 1. The molecule has 0 radical (unpaired) electrons. The van der Waals surface area contributed by atoms with E-state index in [0.717, 1.165) is 0 Å². The van der Waals surface area contributed by atoms with Gasteiger partial charge < -0.3 is 69.3 Å². The maximum absolute atomic E-state index is 11.0. The molecule has 0 aromatic carbocycles. The molecule has 7 N–H and O–H groups in total. The van der Waals surface area contributed by atoms with Crippen LogP contribution in [0.2, 0.25) is 0 Å². The molecule has 3 rings (SSSR count). The van der Waals surface area contributed by atoms with Crippen molar-refractivity contribution in [2.24, 2.45) is 0 Å². The van der Waals surface area contributed by atoms with Crippen molar-refractivity contribution in [2.45, 2.75) is 67.7 Å². The minimum atomic E-state index is -1.82. The third-order valence-corrected chi connectivity index (χ3v) is 4.88. The minimum absolute atomic E-state index is 0. The second kappa shape index (κ2) is 11.1. The van der Waals surface area contributed by atoms with Crippen LogP contribution in [0.25, 0.3) is 0 Å². The summed E-state index contributed by atoms with van der Waals surface area (Å²) in [4.78, 5) is 11.0. The molecule has 14 nitrogen and oxygen atoms in total. The largest absolute Gasteiger partial charge is 1.00 e. The third-order valence-electron chi connectivity index (χ3n) is 4.88. The Morgan fingerprint density at radius 3 is 2.23 bits per heavy atom. The van der Waals surface area contributed by atoms with Crippen LogP contribution in [0.4, 0.5) is 0 Å². The molecule has 15 heteroatoms. The second-order valence-corrected chi connectivity index (χ2v) is 7.03. The van der Waals surface area contributed by atoms with E-state index in [1.165, 1.54) is 0 Å². The summed E-state index contributed by atoms with van der Waals surface area (Å²) < 4.78 is 25.6. The molecule has 2 saturated heterocycles. The van der Waals surface area contributed by atoms with E-state index < -0.39 is 86.0 Å². The number of carboxylic acid groups (broad SMARTS) is 1. The first-order valence-electron chi connectivity index (χ1n) is 9.00. The summed E-state index contributed by atoms with van der Waals surface area (Å²) in [7, 11) is 0. The Bertz CT molecular complexity index is 648. The van der Waals surface area contributed by atoms with Crippen molar-refractivity contribution in [3.8, 4) is 0 Å². The van der Waals surface area contributed by atoms with E-state index in [4.69, 9.17) is 23.7 Å². The van der Waals surface area contributed by atoms with Gasteiger partial charge in [-0.05, 0) is 6.08 Å². The number of aliphatic hydroxyl groups is 7. The van der Waals surface area contributed by atoms with E-state index in [1.807, 2.05) is 0 Å². The number of ether oxygens (including phenoxy) is 5. The van der Waals surface area contributed by atoms with E-state index in [9.17, 15) is 45.6 Å². The molecule has 172 valence electrons. The number of hydrogen-bond donors (Lipinski definition) is 7. The van der Waals surface area contributed by atoms with Gasteiger partial charge in [0.2, 0.25) is 6.29 Å². The standard InChI is InChI=1S/C16H24O14.Na/c17-4-1-6(13(23)24)28-16(9(4)20)30-12-10(21)7(3-26-14(12)25)29-15-11(22)8(19)5(18)2-27-15;/h1,4-5,7-12,14-22,25H,2-3H2,(H,23,24);/q;+1/p-1/t4-,5+,7+,8-,9+,10-,11+,12+,14+,15-,16+;/m0./s1. The van der Waals surface area contributed by atoms with Crippen molar-refractivity contribution in [1.82, 2.24) is 0 Å². The van der Waals surface area contributed by atoms with Gasteiger partial charge in [0.1, 0.15) is 60.6 Å². The number of carbonyl (C=O) groups excluding carboxylic acids is 1. The average molecular weight is 462 g/mol. The van der Waals surface area contributed by atoms with Crippen LogP contribution in [-0.2, 0) is 28.5 Å². The van der Waals surface area contributed by atoms with E-state index in [1.54, 1.807) is 0 Å². The maximum atomic E-state index is 11.0. The van der Waals surface area contributed by atoms with Crippen LogP contribution in [0.15, 0.2) is 11.8 Å². The first kappa shape index (κ1) is 26.8. The molecule has 0 saturated carbocycles. The molecule has 2 fully saturated rings. The zero-order valence-corrected chi connectivity index (χ0v) is 18.3. The van der Waals surface area contributed by atoms with Gasteiger partial charge >= 0.3 is 29.6 Å². The van der Waals surface area contributed by atoms with Gasteiger partial charge in [0.05, 0.1) is 13.2 Å². The van der Waals surface area contributed by atoms with E-state index >= 15 is 0 Å². The van der Waals surface area contributed by atoms with Gasteiger partial charge in [-0.15, -0.1) is 0 Å². The van der Waals surface area contributed by atoms with Gasteiger partial charge in [-0.2, -0.15) is 0 Å². The minimum Gasteiger partial charge on any atom is -0.542 e. The van der Waals surface area contributed by atoms with Crippen molar-refractivity contribution in [3.05, 3.63) is 11.8 Å². The van der Waals surface area contributed by atoms with Crippen LogP contribution in [0.1, 0.15) is 0 Å². The SMILES string of the molecule is O=C([O-])C1=C[C@H](O)[C@@H](O)[C@@H](O[C@@H]2[C@@H](O)[C@H](O[C@@H]3OC[C@@H](O)[C@H](O)[C@H]3O)CO[C@H]2O)O1.[Na+]. The van der Waals surface area contributed by atoms with Crippen LogP contribution in [-0.4, -0.2) is 123 Å². The quantitative estimate of drug-likeness (QED) is 0.188. The summed E-state index contributed by atoms with van der Waals surface area (Å²) >= 11 is 0. The van der Waals surface area contributed by atoms with Crippen molar-refractivity contribution < 1.29 is 98.9 Å². The Balaban J connectivity index is 0.00000341. The Labute approximate surface area is 197 Å². The first-order chi connectivity index (χ1) is 14.1. The molecule has 0 aromatic heterocycles. The van der Waals surface area contributed by atoms with Gasteiger partial charge in [0.25, 0.3) is 0 Å². The van der Waals surface area contributed by atoms with Crippen molar-refractivity contribution in [2.75, 3.05) is 13.2 Å². The molecule has 0 bridgehead atoms. The Kier molecular flexibility index (Phi) is 9.63. The molecular weight excluding hydrogens is 439 g/mol. The summed E-state index contributed by atoms with van der Waals surface area (Å²) in [6, 6.07) is 0. The number of aliphatic hydroxyl groups excluding tert-OH is 7. The van der Waals surface area contributed by atoms with E-state index in [-0.39, 0.29) is 36.2 Å². The fraction of sp³-hybridized carbons (Fsp3) is 0.812. The Morgan fingerprint density at radius 1 is 0.903 bits per heavy atom. The smallest absolute Gasteiger partial charge is 0.542 e. The first-order valence-corrected chi connectivity index (χ1v) is 9.00. The van der Waals surface area contributed by atoms with E-state index in [2.05, 4.69) is 0 Å². The summed E-state index contributed by atoms with van der Waals surface area (Å²) in [5, 5.41) is 80.2. The van der Waals surface area contributed by atoms with Crippen LogP contribution < -0.4 is 34.7 Å². The van der Waals surface area contributed by atoms with Gasteiger partial charge in [-0.3, -0.25) is 0 Å². The van der Waals surface area contributed by atoms with E-state index in [0.29, 0.717) is 6.08 Å². The molecular formula is C16H23NaO14. The maximum Gasteiger partial charge on any atom is 1.00 e. The number of carboxylic acids is 1. The third kappa shape index (κ3) is 5.93. The zero-order chi connectivity index (χ0) is 22.2. The molecule has 3 aliphatic heterocycles. The van der Waals surface area contributed by atoms with Crippen molar-refractivity contribution in [3.63, 3.8) is 0 Å². The van der Waals surface area contributed by atoms with Gasteiger partial charge in [0, 0.05) is 0 Å². The molecule has 0 aliphatic carbocycles. The number of carbonyl (C=O) groups is 1. The summed E-state index contributed by atoms with van der Waals surface area (Å²) in [5.74, 6) is -2.61. The molecule has 0 spiro atoms. The zero-order valence-electron chi connectivity index (χ0n) is 16.3. The van der Waals surface area contributed by atoms with Crippen LogP contribution in [0.3, 0.4) is 0 Å². The fourth-order valence-electron chi connectivity index (χ4n) is 3.13. The van der Waals surface area contributed by atoms with Crippen LogP contribution in [0, 0.1) is 0 Å². The van der Waals surface area contributed by atoms with Crippen molar-refractivity contribution in [1.29, 1.82) is 0 Å². The molecule has 0 amide bonds. The monoisotopic (exact) mass is 462 g/mol. The average Bonchev–Trinajstić information content (AvgIpc) is 2.70. The summed E-state index contributed by atoms with van der Waals surface area (Å²) in [5.41, 5.74) is 0. The fourth-order valence-corrected chi connectivity index (χ4v) is 3.13. The molecule has 3 heterocycles. The van der Waals surface area contributed by atoms with Gasteiger partial charge in [-0.1, -0.05) is 0 Å². The molecule has 0 unspecified atom stereocenters. The molecule has 31 heavy (non-hydrogen) atoms. The topological polar surface area (TPSA) is 228 Å². The van der Waals surface area contributed by atoms with Gasteiger partial charge in [0.15, 0.2) is 12.6 Å². The predicted molar refractivity (Wildman–Crippen MR) is 85.4 cm³/mol. The number of hydrogen-bond acceptors (Lipinski definition) is 14. The van der Waals surface area contributed by atoms with Crippen LogP contribution >= 0.6 is 0 Å². The second-order valence-electron chi connectivity index (χ2n) is 7.03.